The van der Waals surface area contributed by atoms with Crippen molar-refractivity contribution in [3.63, 3.8) is 0 Å². The topological polar surface area (TPSA) is 43.3 Å². The largest absolute Gasteiger partial charge is 0.326 e. The molecule has 2 N–H and O–H groups in total. The molecule has 0 aliphatic rings. The summed E-state index contributed by atoms with van der Waals surface area (Å²) in [4.78, 5) is 4.62. The van der Waals surface area contributed by atoms with Gasteiger partial charge in [-0.05, 0) is 29.3 Å². The fourth-order valence-corrected chi connectivity index (χ4v) is 2.37. The van der Waals surface area contributed by atoms with E-state index in [1.807, 2.05) is 22.7 Å². The Morgan fingerprint density at radius 2 is 1.74 bits per heavy atom. The number of aromatic nitrogens is 2. The molecule has 3 rings (SSSR count). The van der Waals surface area contributed by atoms with Crippen molar-refractivity contribution < 1.29 is 0 Å². The van der Waals surface area contributed by atoms with Gasteiger partial charge in [-0.2, -0.15) is 0 Å². The smallest absolute Gasteiger partial charge is 0.137 e. The van der Waals surface area contributed by atoms with E-state index in [9.17, 15) is 0 Å². The number of rotatable bonds is 3. The summed E-state index contributed by atoms with van der Waals surface area (Å²) in [6, 6.07) is 12.4. The van der Waals surface area contributed by atoms with Crippen molar-refractivity contribution in [1.29, 1.82) is 0 Å². The van der Waals surface area contributed by atoms with Gasteiger partial charge < -0.3 is 10.1 Å². The van der Waals surface area contributed by atoms with Crippen molar-refractivity contribution in [2.45, 2.75) is 13.0 Å². The molecule has 4 heteroatoms. The second-order valence-electron chi connectivity index (χ2n) is 4.54. The Hall–Kier alpha value is -1.65. The van der Waals surface area contributed by atoms with Crippen molar-refractivity contribution in [2.75, 3.05) is 0 Å². The molecule has 19 heavy (non-hydrogen) atoms. The van der Waals surface area contributed by atoms with Gasteiger partial charge in [0.2, 0.25) is 0 Å². The number of benzene rings is 1. The Labute approximate surface area is 120 Å². The van der Waals surface area contributed by atoms with E-state index in [-0.39, 0.29) is 0 Å². The molecule has 0 amide bonds. The molecule has 0 saturated carbocycles. The van der Waals surface area contributed by atoms with Gasteiger partial charge in [0.15, 0.2) is 0 Å². The lowest BCUT2D eigenvalue weighted by Crippen LogP contribution is -1.97. The van der Waals surface area contributed by atoms with Crippen molar-refractivity contribution in [3.8, 4) is 0 Å². The SMILES string of the molecule is NCc1ccc2nc(Cc3ccc(Br)cc3)cn2c1. The first-order valence-corrected chi connectivity index (χ1v) is 6.95. The number of nitrogens with zero attached hydrogens (tertiary/aromatic N) is 2. The van der Waals surface area contributed by atoms with E-state index in [4.69, 9.17) is 5.73 Å². The minimum Gasteiger partial charge on any atom is -0.326 e. The first-order valence-electron chi connectivity index (χ1n) is 6.15. The molecule has 0 atom stereocenters. The molecule has 0 aliphatic carbocycles. The van der Waals surface area contributed by atoms with Gasteiger partial charge in [0, 0.05) is 29.8 Å². The maximum atomic E-state index is 5.65. The van der Waals surface area contributed by atoms with Crippen LogP contribution in [-0.2, 0) is 13.0 Å². The van der Waals surface area contributed by atoms with Crippen LogP contribution in [0.5, 0.6) is 0 Å². The van der Waals surface area contributed by atoms with Crippen LogP contribution in [0.25, 0.3) is 5.65 Å². The van der Waals surface area contributed by atoms with E-state index < -0.39 is 0 Å². The summed E-state index contributed by atoms with van der Waals surface area (Å²) in [5.74, 6) is 0. The summed E-state index contributed by atoms with van der Waals surface area (Å²) in [6.45, 7) is 0.552. The minimum atomic E-state index is 0.552. The molecule has 2 heterocycles. The van der Waals surface area contributed by atoms with Crippen LogP contribution in [0.2, 0.25) is 0 Å². The molecule has 3 nitrogen and oxygen atoms in total. The molecular formula is C15H14BrN3. The van der Waals surface area contributed by atoms with Crippen LogP contribution in [0, 0.1) is 0 Å². The molecule has 0 unspecified atom stereocenters. The van der Waals surface area contributed by atoms with Gasteiger partial charge >= 0.3 is 0 Å². The zero-order valence-electron chi connectivity index (χ0n) is 10.4. The van der Waals surface area contributed by atoms with Crippen LogP contribution in [-0.4, -0.2) is 9.38 Å². The quantitative estimate of drug-likeness (QED) is 0.807. The number of hydrogen-bond acceptors (Lipinski definition) is 2. The molecule has 2 aromatic heterocycles. The maximum Gasteiger partial charge on any atom is 0.137 e. The van der Waals surface area contributed by atoms with Crippen LogP contribution in [0.3, 0.4) is 0 Å². The molecule has 0 spiro atoms. The zero-order chi connectivity index (χ0) is 13.2. The predicted molar refractivity (Wildman–Crippen MR) is 80.0 cm³/mol. The fourth-order valence-electron chi connectivity index (χ4n) is 2.11. The zero-order valence-corrected chi connectivity index (χ0v) is 12.0. The Bertz CT molecular complexity index is 701. The average molecular weight is 316 g/mol. The molecule has 96 valence electrons. The lowest BCUT2D eigenvalue weighted by molar-refractivity contribution is 1.03. The average Bonchev–Trinajstić information content (AvgIpc) is 2.82. The highest BCUT2D eigenvalue weighted by Gasteiger charge is 2.03. The summed E-state index contributed by atoms with van der Waals surface area (Å²) in [5, 5.41) is 0. The molecule has 0 radical (unpaired) electrons. The van der Waals surface area contributed by atoms with Crippen LogP contribution < -0.4 is 5.73 Å². The molecular weight excluding hydrogens is 302 g/mol. The van der Waals surface area contributed by atoms with E-state index in [2.05, 4.69) is 51.4 Å². The van der Waals surface area contributed by atoms with Crippen molar-refractivity contribution in [1.82, 2.24) is 9.38 Å². The van der Waals surface area contributed by atoms with Crippen molar-refractivity contribution in [3.05, 3.63) is 70.1 Å². The summed E-state index contributed by atoms with van der Waals surface area (Å²) in [7, 11) is 0. The van der Waals surface area contributed by atoms with Crippen LogP contribution in [0.15, 0.2) is 53.3 Å². The van der Waals surface area contributed by atoms with Crippen LogP contribution in [0.4, 0.5) is 0 Å². The van der Waals surface area contributed by atoms with Crippen LogP contribution >= 0.6 is 15.9 Å². The molecule has 0 aliphatic heterocycles. The second kappa shape index (κ2) is 5.15. The maximum absolute atomic E-state index is 5.65. The highest BCUT2D eigenvalue weighted by Crippen LogP contribution is 2.15. The first kappa shape index (κ1) is 12.4. The Kier molecular flexibility index (Phi) is 3.36. The lowest BCUT2D eigenvalue weighted by Gasteiger charge is -1.97. The lowest BCUT2D eigenvalue weighted by atomic mass is 10.1. The normalized spacial score (nSPS) is 11.1. The van der Waals surface area contributed by atoms with E-state index >= 15 is 0 Å². The van der Waals surface area contributed by atoms with Gasteiger partial charge in [-0.1, -0.05) is 34.1 Å². The second-order valence-corrected chi connectivity index (χ2v) is 5.46. The molecule has 0 saturated heterocycles. The molecule has 0 fully saturated rings. The summed E-state index contributed by atoms with van der Waals surface area (Å²) < 4.78 is 3.13. The van der Waals surface area contributed by atoms with Gasteiger partial charge in [0.1, 0.15) is 5.65 Å². The van der Waals surface area contributed by atoms with Gasteiger partial charge in [-0.15, -0.1) is 0 Å². The first-order chi connectivity index (χ1) is 9.24. The highest BCUT2D eigenvalue weighted by molar-refractivity contribution is 9.10. The van der Waals surface area contributed by atoms with Gasteiger partial charge in [0.25, 0.3) is 0 Å². The fraction of sp³-hybridized carbons (Fsp3) is 0.133. The number of pyridine rings is 1. The summed E-state index contributed by atoms with van der Waals surface area (Å²) in [5.41, 5.74) is 10.0. The number of nitrogens with two attached hydrogens (primary N) is 1. The minimum absolute atomic E-state index is 0.552. The van der Waals surface area contributed by atoms with E-state index in [1.54, 1.807) is 0 Å². The van der Waals surface area contributed by atoms with E-state index in [1.165, 1.54) is 5.56 Å². The number of imidazole rings is 1. The van der Waals surface area contributed by atoms with Gasteiger partial charge in [-0.3, -0.25) is 0 Å². The Morgan fingerprint density at radius 1 is 1.00 bits per heavy atom. The van der Waals surface area contributed by atoms with Crippen molar-refractivity contribution >= 4 is 21.6 Å². The Balaban J connectivity index is 1.90. The molecule has 0 bridgehead atoms. The number of hydrogen-bond donors (Lipinski definition) is 1. The van der Waals surface area contributed by atoms with E-state index in [0.29, 0.717) is 6.54 Å². The number of fused-ring (bicyclic) bond motifs is 1. The summed E-state index contributed by atoms with van der Waals surface area (Å²) in [6.07, 6.45) is 4.94. The third-order valence-electron chi connectivity index (χ3n) is 3.10. The van der Waals surface area contributed by atoms with Crippen LogP contribution in [0.1, 0.15) is 16.8 Å². The third kappa shape index (κ3) is 2.69. The third-order valence-corrected chi connectivity index (χ3v) is 3.63. The number of halogens is 1. The highest BCUT2D eigenvalue weighted by atomic mass is 79.9. The predicted octanol–water partition coefficient (Wildman–Crippen LogP) is 3.15. The van der Waals surface area contributed by atoms with Gasteiger partial charge in [0.05, 0.1) is 5.69 Å². The standard InChI is InChI=1S/C15H14BrN3/c16-13-4-1-11(2-5-13)7-14-10-19-9-12(8-17)3-6-15(19)18-14/h1-6,9-10H,7-8,17H2. The molecule has 1 aromatic carbocycles. The summed E-state index contributed by atoms with van der Waals surface area (Å²) >= 11 is 3.44. The van der Waals surface area contributed by atoms with E-state index in [0.717, 1.165) is 27.8 Å². The molecule has 3 aromatic rings. The monoisotopic (exact) mass is 315 g/mol. The van der Waals surface area contributed by atoms with Crippen molar-refractivity contribution in [2.24, 2.45) is 5.73 Å². The Morgan fingerprint density at radius 3 is 2.47 bits per heavy atom. The van der Waals surface area contributed by atoms with Gasteiger partial charge in [-0.25, -0.2) is 4.98 Å².